The van der Waals surface area contributed by atoms with Crippen LogP contribution in [0.3, 0.4) is 0 Å². The van der Waals surface area contributed by atoms with Crippen LogP contribution >= 0.6 is 23.5 Å². The lowest BCUT2D eigenvalue weighted by molar-refractivity contribution is 0.188. The molecule has 0 saturated heterocycles. The summed E-state index contributed by atoms with van der Waals surface area (Å²) in [7, 11) is 0. The fourth-order valence-electron chi connectivity index (χ4n) is 2.57. The zero-order valence-electron chi connectivity index (χ0n) is 18.5. The minimum Gasteiger partial charge on any atom is -0.267 e. The van der Waals surface area contributed by atoms with Crippen LogP contribution in [0.25, 0.3) is 0 Å². The monoisotopic (exact) mass is 400 g/mol. The highest BCUT2D eigenvalue weighted by molar-refractivity contribution is 8.03. The Labute approximate surface area is 167 Å². The van der Waals surface area contributed by atoms with Gasteiger partial charge in [-0.15, -0.1) is 23.5 Å². The SMILES string of the molecule is CC(C)(C)Sc1c(SC(C)(C)C)c(=O)n(C(C)(C)C)n(C(C)(C)C)c1=O. The maximum absolute atomic E-state index is 13.6. The molecule has 0 N–H and O–H groups in total. The molecule has 0 atom stereocenters. The summed E-state index contributed by atoms with van der Waals surface area (Å²) in [5.74, 6) is 0. The topological polar surface area (TPSA) is 44.0 Å². The van der Waals surface area contributed by atoms with Gasteiger partial charge >= 0.3 is 0 Å². The molecule has 0 aliphatic heterocycles. The molecular weight excluding hydrogens is 364 g/mol. The van der Waals surface area contributed by atoms with Crippen LogP contribution in [0.5, 0.6) is 0 Å². The molecule has 0 aliphatic carbocycles. The van der Waals surface area contributed by atoms with Crippen LogP contribution in [0.4, 0.5) is 0 Å². The predicted molar refractivity (Wildman–Crippen MR) is 116 cm³/mol. The molecule has 0 amide bonds. The van der Waals surface area contributed by atoms with E-state index in [4.69, 9.17) is 0 Å². The molecular formula is C20H36N2O2S2. The quantitative estimate of drug-likeness (QED) is 0.632. The average Bonchev–Trinajstić information content (AvgIpc) is 2.31. The van der Waals surface area contributed by atoms with Crippen molar-refractivity contribution in [3.63, 3.8) is 0 Å². The Kier molecular flexibility index (Phi) is 6.38. The summed E-state index contributed by atoms with van der Waals surface area (Å²) < 4.78 is 2.97. The molecule has 4 nitrogen and oxygen atoms in total. The zero-order chi connectivity index (χ0) is 20.9. The van der Waals surface area contributed by atoms with Crippen molar-refractivity contribution < 1.29 is 0 Å². The number of hydrogen-bond donors (Lipinski definition) is 0. The van der Waals surface area contributed by atoms with E-state index in [1.165, 1.54) is 23.5 Å². The van der Waals surface area contributed by atoms with Gasteiger partial charge in [0.05, 0.1) is 20.9 Å². The summed E-state index contributed by atoms with van der Waals surface area (Å²) in [6.07, 6.45) is 0. The molecule has 0 fully saturated rings. The molecule has 1 aromatic rings. The van der Waals surface area contributed by atoms with Crippen LogP contribution in [-0.2, 0) is 11.1 Å². The molecule has 0 saturated carbocycles. The molecule has 1 heterocycles. The first kappa shape index (κ1) is 23.4. The zero-order valence-corrected chi connectivity index (χ0v) is 20.2. The van der Waals surface area contributed by atoms with E-state index in [9.17, 15) is 9.59 Å². The van der Waals surface area contributed by atoms with Gasteiger partial charge in [-0.05, 0) is 41.5 Å². The highest BCUT2D eigenvalue weighted by Gasteiger charge is 2.33. The first-order chi connectivity index (χ1) is 11.3. The summed E-state index contributed by atoms with van der Waals surface area (Å²) in [6.45, 7) is 24.2. The molecule has 150 valence electrons. The van der Waals surface area contributed by atoms with Crippen molar-refractivity contribution in [2.75, 3.05) is 0 Å². The van der Waals surface area contributed by atoms with Crippen molar-refractivity contribution in [3.05, 3.63) is 20.7 Å². The van der Waals surface area contributed by atoms with Crippen molar-refractivity contribution in [2.45, 2.75) is 113 Å². The highest BCUT2D eigenvalue weighted by Crippen LogP contribution is 2.39. The Bertz CT molecular complexity index is 710. The normalized spacial score (nSPS) is 14.0. The van der Waals surface area contributed by atoms with Crippen LogP contribution in [0.15, 0.2) is 19.4 Å². The van der Waals surface area contributed by atoms with E-state index in [0.29, 0.717) is 9.79 Å². The van der Waals surface area contributed by atoms with Gasteiger partial charge in [0.2, 0.25) is 0 Å². The molecule has 6 heteroatoms. The van der Waals surface area contributed by atoms with Crippen molar-refractivity contribution in [1.82, 2.24) is 9.36 Å². The Morgan fingerprint density at radius 3 is 0.923 bits per heavy atom. The Hall–Kier alpha value is -0.620. The number of rotatable bonds is 2. The van der Waals surface area contributed by atoms with Gasteiger partial charge in [0.15, 0.2) is 0 Å². The maximum Gasteiger partial charge on any atom is 0.280 e. The van der Waals surface area contributed by atoms with Crippen molar-refractivity contribution in [3.8, 4) is 0 Å². The second-order valence-corrected chi connectivity index (χ2v) is 14.3. The number of hydrogen-bond acceptors (Lipinski definition) is 4. The van der Waals surface area contributed by atoms with Gasteiger partial charge in [0.25, 0.3) is 11.1 Å². The second kappa shape index (κ2) is 7.08. The average molecular weight is 401 g/mol. The van der Waals surface area contributed by atoms with Crippen LogP contribution in [0, 0.1) is 0 Å². The van der Waals surface area contributed by atoms with E-state index >= 15 is 0 Å². The largest absolute Gasteiger partial charge is 0.280 e. The van der Waals surface area contributed by atoms with Crippen molar-refractivity contribution in [1.29, 1.82) is 0 Å². The molecule has 26 heavy (non-hydrogen) atoms. The van der Waals surface area contributed by atoms with E-state index in [2.05, 4.69) is 41.5 Å². The number of aromatic nitrogens is 2. The summed E-state index contributed by atoms with van der Waals surface area (Å²) >= 11 is 2.98. The van der Waals surface area contributed by atoms with Crippen molar-refractivity contribution >= 4 is 23.5 Å². The van der Waals surface area contributed by atoms with E-state index in [0.717, 1.165) is 0 Å². The van der Waals surface area contributed by atoms with Crippen LogP contribution in [-0.4, -0.2) is 18.9 Å². The lowest BCUT2D eigenvalue weighted by atomic mass is 10.1. The van der Waals surface area contributed by atoms with Gasteiger partial charge in [-0.1, -0.05) is 41.5 Å². The molecule has 0 unspecified atom stereocenters. The molecule has 0 radical (unpaired) electrons. The molecule has 0 aromatic carbocycles. The van der Waals surface area contributed by atoms with E-state index in [1.54, 1.807) is 9.36 Å². The van der Waals surface area contributed by atoms with Crippen LogP contribution in [0.1, 0.15) is 83.1 Å². The minimum atomic E-state index is -0.498. The summed E-state index contributed by atoms with van der Waals surface area (Å²) in [5.41, 5.74) is -1.17. The summed E-state index contributed by atoms with van der Waals surface area (Å²) in [5, 5.41) is 0. The summed E-state index contributed by atoms with van der Waals surface area (Å²) in [6, 6.07) is 0. The molecule has 1 rings (SSSR count). The molecule has 1 aromatic heterocycles. The van der Waals surface area contributed by atoms with E-state index < -0.39 is 11.1 Å². The van der Waals surface area contributed by atoms with Gasteiger partial charge in [0, 0.05) is 9.49 Å². The second-order valence-electron chi connectivity index (χ2n) is 10.7. The fraction of sp³-hybridized carbons (Fsp3) is 0.800. The van der Waals surface area contributed by atoms with Gasteiger partial charge in [-0.2, -0.15) is 0 Å². The van der Waals surface area contributed by atoms with Gasteiger partial charge in [0.1, 0.15) is 0 Å². The van der Waals surface area contributed by atoms with Crippen LogP contribution in [0.2, 0.25) is 0 Å². The smallest absolute Gasteiger partial charge is 0.267 e. The van der Waals surface area contributed by atoms with Crippen molar-refractivity contribution in [2.24, 2.45) is 0 Å². The summed E-state index contributed by atoms with van der Waals surface area (Å²) in [4.78, 5) is 28.3. The molecule has 0 aliphatic rings. The Morgan fingerprint density at radius 2 is 0.769 bits per heavy atom. The van der Waals surface area contributed by atoms with E-state index in [1.807, 2.05) is 41.5 Å². The maximum atomic E-state index is 13.6. The molecule has 0 bridgehead atoms. The first-order valence-corrected chi connectivity index (χ1v) is 10.7. The highest BCUT2D eigenvalue weighted by atomic mass is 32.2. The minimum absolute atomic E-state index is 0.0845. The predicted octanol–water partition coefficient (Wildman–Crippen LogP) is 5.30. The standard InChI is InChI=1S/C20H36N2O2S2/c1-17(2,3)21-15(23)13(25-19(7,8)9)14(26-20(10,11)12)16(24)22(21)18(4,5)6/h1-12H3. The third kappa shape index (κ3) is 5.69. The number of thioether (sulfide) groups is 2. The molecule has 0 spiro atoms. The van der Waals surface area contributed by atoms with Crippen LogP contribution < -0.4 is 11.1 Å². The lowest BCUT2D eigenvalue weighted by Crippen LogP contribution is -2.53. The fourth-order valence-corrected chi connectivity index (χ4v) is 4.75. The van der Waals surface area contributed by atoms with Gasteiger partial charge in [-0.25, -0.2) is 9.36 Å². The Morgan fingerprint density at radius 1 is 0.538 bits per heavy atom. The lowest BCUT2D eigenvalue weighted by Gasteiger charge is -2.36. The van der Waals surface area contributed by atoms with Gasteiger partial charge in [-0.3, -0.25) is 9.59 Å². The number of nitrogens with zero attached hydrogens (tertiary/aromatic N) is 2. The Balaban J connectivity index is 4.11. The third-order valence-electron chi connectivity index (χ3n) is 3.27. The third-order valence-corrected chi connectivity index (χ3v) is 5.79. The van der Waals surface area contributed by atoms with E-state index in [-0.39, 0.29) is 20.6 Å². The van der Waals surface area contributed by atoms with Gasteiger partial charge < -0.3 is 0 Å². The first-order valence-electron chi connectivity index (χ1n) is 9.07.